The predicted octanol–water partition coefficient (Wildman–Crippen LogP) is 0.968. The Morgan fingerprint density at radius 3 is 2.77 bits per heavy atom. The minimum atomic E-state index is 0.188. The van der Waals surface area contributed by atoms with Gasteiger partial charge in [0.05, 0.1) is 5.69 Å². The molecule has 0 aliphatic carbocycles. The predicted molar refractivity (Wildman–Crippen MR) is 51.6 cm³/mol. The molecule has 0 fully saturated rings. The SMILES string of the molecule is Cc1nccnc1N[C@H](C)CCO. The summed E-state index contributed by atoms with van der Waals surface area (Å²) in [7, 11) is 0. The lowest BCUT2D eigenvalue weighted by molar-refractivity contribution is 0.282. The highest BCUT2D eigenvalue weighted by Crippen LogP contribution is 2.08. The van der Waals surface area contributed by atoms with Crippen LogP contribution in [0.1, 0.15) is 19.0 Å². The Morgan fingerprint density at radius 2 is 2.15 bits per heavy atom. The Labute approximate surface area is 78.0 Å². The minimum absolute atomic E-state index is 0.188. The largest absolute Gasteiger partial charge is 0.396 e. The minimum Gasteiger partial charge on any atom is -0.396 e. The van der Waals surface area contributed by atoms with Gasteiger partial charge in [-0.1, -0.05) is 0 Å². The summed E-state index contributed by atoms with van der Waals surface area (Å²) in [5.41, 5.74) is 0.882. The number of aliphatic hydroxyl groups excluding tert-OH is 1. The van der Waals surface area contributed by atoms with Gasteiger partial charge in [-0.15, -0.1) is 0 Å². The molecule has 4 heteroatoms. The second-order valence-electron chi connectivity index (χ2n) is 3.05. The van der Waals surface area contributed by atoms with Crippen LogP contribution >= 0.6 is 0 Å². The zero-order chi connectivity index (χ0) is 9.68. The van der Waals surface area contributed by atoms with Gasteiger partial charge in [-0.2, -0.15) is 0 Å². The van der Waals surface area contributed by atoms with E-state index in [1.807, 2.05) is 13.8 Å². The molecule has 0 amide bonds. The average molecular weight is 181 g/mol. The Bertz CT molecular complexity index is 265. The van der Waals surface area contributed by atoms with Crippen LogP contribution in [-0.4, -0.2) is 27.7 Å². The van der Waals surface area contributed by atoms with Crippen LogP contribution in [-0.2, 0) is 0 Å². The van der Waals surface area contributed by atoms with Crippen molar-refractivity contribution in [2.75, 3.05) is 11.9 Å². The molecule has 0 spiro atoms. The molecule has 0 aliphatic rings. The first kappa shape index (κ1) is 9.92. The van der Waals surface area contributed by atoms with Crippen LogP contribution in [0, 0.1) is 6.92 Å². The summed E-state index contributed by atoms with van der Waals surface area (Å²) >= 11 is 0. The van der Waals surface area contributed by atoms with Crippen LogP contribution in [0.25, 0.3) is 0 Å². The quantitative estimate of drug-likeness (QED) is 0.726. The van der Waals surface area contributed by atoms with Gasteiger partial charge >= 0.3 is 0 Å². The van der Waals surface area contributed by atoms with Crippen LogP contribution < -0.4 is 5.32 Å². The number of hydrogen-bond donors (Lipinski definition) is 2. The van der Waals surface area contributed by atoms with E-state index in [1.54, 1.807) is 12.4 Å². The van der Waals surface area contributed by atoms with Gasteiger partial charge in [0, 0.05) is 25.0 Å². The maximum atomic E-state index is 8.71. The fraction of sp³-hybridized carbons (Fsp3) is 0.556. The molecule has 13 heavy (non-hydrogen) atoms. The van der Waals surface area contributed by atoms with Crippen molar-refractivity contribution in [3.8, 4) is 0 Å². The highest BCUT2D eigenvalue weighted by molar-refractivity contribution is 5.38. The second kappa shape index (κ2) is 4.77. The number of nitrogens with zero attached hydrogens (tertiary/aromatic N) is 2. The van der Waals surface area contributed by atoms with E-state index in [1.165, 1.54) is 0 Å². The Kier molecular flexibility index (Phi) is 3.64. The first-order chi connectivity index (χ1) is 6.24. The van der Waals surface area contributed by atoms with Crippen molar-refractivity contribution < 1.29 is 5.11 Å². The molecule has 4 nitrogen and oxygen atoms in total. The average Bonchev–Trinajstić information content (AvgIpc) is 2.09. The third-order valence-corrected chi connectivity index (χ3v) is 1.83. The Hall–Kier alpha value is -1.16. The highest BCUT2D eigenvalue weighted by atomic mass is 16.3. The van der Waals surface area contributed by atoms with E-state index >= 15 is 0 Å². The van der Waals surface area contributed by atoms with Crippen molar-refractivity contribution in [2.45, 2.75) is 26.3 Å². The fourth-order valence-electron chi connectivity index (χ4n) is 1.05. The van der Waals surface area contributed by atoms with E-state index in [-0.39, 0.29) is 12.6 Å². The molecule has 1 heterocycles. The molecule has 0 aliphatic heterocycles. The van der Waals surface area contributed by atoms with Crippen molar-refractivity contribution >= 4 is 5.82 Å². The summed E-state index contributed by atoms with van der Waals surface area (Å²) in [4.78, 5) is 8.25. The zero-order valence-corrected chi connectivity index (χ0v) is 7.99. The summed E-state index contributed by atoms with van der Waals surface area (Å²) in [6.45, 7) is 4.10. The zero-order valence-electron chi connectivity index (χ0n) is 7.99. The third-order valence-electron chi connectivity index (χ3n) is 1.83. The smallest absolute Gasteiger partial charge is 0.147 e. The lowest BCUT2D eigenvalue weighted by atomic mass is 10.2. The number of aryl methyl sites for hydroxylation is 1. The van der Waals surface area contributed by atoms with Crippen molar-refractivity contribution in [3.63, 3.8) is 0 Å². The lowest BCUT2D eigenvalue weighted by Crippen LogP contribution is -2.18. The summed E-state index contributed by atoms with van der Waals surface area (Å²) < 4.78 is 0. The van der Waals surface area contributed by atoms with Gasteiger partial charge in [-0.3, -0.25) is 4.98 Å². The highest BCUT2D eigenvalue weighted by Gasteiger charge is 2.04. The van der Waals surface area contributed by atoms with E-state index < -0.39 is 0 Å². The van der Waals surface area contributed by atoms with Crippen LogP contribution in [0.3, 0.4) is 0 Å². The Balaban J connectivity index is 2.58. The number of rotatable bonds is 4. The normalized spacial score (nSPS) is 12.5. The van der Waals surface area contributed by atoms with E-state index in [0.717, 1.165) is 17.9 Å². The number of anilines is 1. The molecular formula is C9H15N3O. The van der Waals surface area contributed by atoms with Crippen molar-refractivity contribution in [2.24, 2.45) is 0 Å². The first-order valence-corrected chi connectivity index (χ1v) is 4.39. The number of nitrogens with one attached hydrogen (secondary N) is 1. The van der Waals surface area contributed by atoms with Crippen molar-refractivity contribution in [1.29, 1.82) is 0 Å². The molecule has 0 bridgehead atoms. The number of hydrogen-bond acceptors (Lipinski definition) is 4. The molecule has 0 saturated carbocycles. The topological polar surface area (TPSA) is 58.0 Å². The molecule has 1 aromatic rings. The fourth-order valence-corrected chi connectivity index (χ4v) is 1.05. The molecular weight excluding hydrogens is 166 g/mol. The molecule has 0 radical (unpaired) electrons. The maximum absolute atomic E-state index is 8.71. The van der Waals surface area contributed by atoms with E-state index in [4.69, 9.17) is 5.11 Å². The van der Waals surface area contributed by atoms with Crippen LogP contribution in [0.2, 0.25) is 0 Å². The van der Waals surface area contributed by atoms with Crippen molar-refractivity contribution in [1.82, 2.24) is 9.97 Å². The van der Waals surface area contributed by atoms with Gasteiger partial charge in [0.1, 0.15) is 5.82 Å². The lowest BCUT2D eigenvalue weighted by Gasteiger charge is -2.13. The van der Waals surface area contributed by atoms with E-state index in [9.17, 15) is 0 Å². The van der Waals surface area contributed by atoms with Gasteiger partial charge in [0.25, 0.3) is 0 Å². The van der Waals surface area contributed by atoms with Crippen molar-refractivity contribution in [3.05, 3.63) is 18.1 Å². The summed E-state index contributed by atoms with van der Waals surface area (Å²) in [5.74, 6) is 0.795. The number of aromatic nitrogens is 2. The molecule has 1 aromatic heterocycles. The Morgan fingerprint density at radius 1 is 1.46 bits per heavy atom. The molecule has 2 N–H and O–H groups in total. The number of aliphatic hydroxyl groups is 1. The van der Waals surface area contributed by atoms with Gasteiger partial charge in [-0.05, 0) is 20.3 Å². The molecule has 0 aromatic carbocycles. The molecule has 0 saturated heterocycles. The van der Waals surface area contributed by atoms with Gasteiger partial charge in [0.15, 0.2) is 0 Å². The standard InChI is InChI=1S/C9H15N3O/c1-7(3-6-13)12-9-8(2)10-4-5-11-9/h4-5,7,13H,3,6H2,1-2H3,(H,11,12)/t7-/m1/s1. The third kappa shape index (κ3) is 2.99. The summed E-state index contributed by atoms with van der Waals surface area (Å²) in [6, 6.07) is 0.223. The van der Waals surface area contributed by atoms with Crippen LogP contribution in [0.4, 0.5) is 5.82 Å². The van der Waals surface area contributed by atoms with E-state index in [2.05, 4.69) is 15.3 Å². The van der Waals surface area contributed by atoms with Crippen LogP contribution in [0.15, 0.2) is 12.4 Å². The maximum Gasteiger partial charge on any atom is 0.147 e. The van der Waals surface area contributed by atoms with Gasteiger partial charge < -0.3 is 10.4 Å². The monoisotopic (exact) mass is 181 g/mol. The summed E-state index contributed by atoms with van der Waals surface area (Å²) in [6.07, 6.45) is 4.04. The molecule has 0 unspecified atom stereocenters. The molecule has 1 atom stereocenters. The summed E-state index contributed by atoms with van der Waals surface area (Å²) in [5, 5.41) is 11.9. The molecule has 1 rings (SSSR count). The van der Waals surface area contributed by atoms with Gasteiger partial charge in [0.2, 0.25) is 0 Å². The molecule has 72 valence electrons. The van der Waals surface area contributed by atoms with Crippen LogP contribution in [0.5, 0.6) is 0 Å². The van der Waals surface area contributed by atoms with E-state index in [0.29, 0.717) is 0 Å². The van der Waals surface area contributed by atoms with Gasteiger partial charge in [-0.25, -0.2) is 4.98 Å². The second-order valence-corrected chi connectivity index (χ2v) is 3.05. The first-order valence-electron chi connectivity index (χ1n) is 4.39.